The number of aliphatic carboxylic acids is 1. The lowest BCUT2D eigenvalue weighted by atomic mass is 10.1. The molecule has 0 bridgehead atoms. The second-order valence-corrected chi connectivity index (χ2v) is 6.62. The molecule has 2 heterocycles. The van der Waals surface area contributed by atoms with E-state index in [0.717, 1.165) is 49.3 Å². The highest BCUT2D eigenvalue weighted by Gasteiger charge is 2.19. The summed E-state index contributed by atoms with van der Waals surface area (Å²) in [6.45, 7) is 4.62. The topological polar surface area (TPSA) is 89.2 Å². The van der Waals surface area contributed by atoms with E-state index in [2.05, 4.69) is 10.4 Å². The van der Waals surface area contributed by atoms with Crippen molar-refractivity contribution in [1.82, 2.24) is 19.7 Å². The van der Waals surface area contributed by atoms with Crippen LogP contribution in [0.3, 0.4) is 0 Å². The van der Waals surface area contributed by atoms with Gasteiger partial charge in [-0.1, -0.05) is 19.3 Å². The van der Waals surface area contributed by atoms with E-state index in [9.17, 15) is 9.59 Å². The van der Waals surface area contributed by atoms with Crippen LogP contribution in [0, 0.1) is 13.8 Å². The molecule has 0 spiro atoms. The van der Waals surface area contributed by atoms with Gasteiger partial charge in [0, 0.05) is 31.4 Å². The summed E-state index contributed by atoms with van der Waals surface area (Å²) in [5, 5.41) is 15.8. The number of carbonyl (C=O) groups is 2. The number of aromatic nitrogens is 3. The summed E-state index contributed by atoms with van der Waals surface area (Å²) in [4.78, 5) is 23.0. The fraction of sp³-hybridized carbons (Fsp3) is 0.526. The molecule has 0 saturated carbocycles. The summed E-state index contributed by atoms with van der Waals surface area (Å²) in [6.07, 6.45) is 6.33. The quantitative estimate of drug-likeness (QED) is 0.638. The van der Waals surface area contributed by atoms with Gasteiger partial charge in [-0.2, -0.15) is 5.10 Å². The normalized spacial score (nSPS) is 10.9. The van der Waals surface area contributed by atoms with Gasteiger partial charge in [0.1, 0.15) is 11.4 Å². The Bertz CT molecular complexity index is 741. The van der Waals surface area contributed by atoms with E-state index in [0.29, 0.717) is 12.1 Å². The van der Waals surface area contributed by atoms with Crippen LogP contribution in [0.4, 0.5) is 0 Å². The van der Waals surface area contributed by atoms with E-state index < -0.39 is 5.97 Å². The molecule has 2 rings (SSSR count). The fourth-order valence-electron chi connectivity index (χ4n) is 3.09. The van der Waals surface area contributed by atoms with Crippen molar-refractivity contribution < 1.29 is 14.7 Å². The third-order valence-electron chi connectivity index (χ3n) is 4.49. The molecule has 0 aliphatic heterocycles. The first kappa shape index (κ1) is 19.8. The van der Waals surface area contributed by atoms with Crippen molar-refractivity contribution in [3.8, 4) is 5.82 Å². The zero-order chi connectivity index (χ0) is 19.1. The van der Waals surface area contributed by atoms with Crippen LogP contribution >= 0.6 is 0 Å². The zero-order valence-electron chi connectivity index (χ0n) is 15.8. The Labute approximate surface area is 154 Å². The van der Waals surface area contributed by atoms with E-state index in [1.54, 1.807) is 10.9 Å². The number of hydrogen-bond donors (Lipinski definition) is 2. The van der Waals surface area contributed by atoms with Crippen molar-refractivity contribution in [1.29, 1.82) is 0 Å². The van der Waals surface area contributed by atoms with Gasteiger partial charge in [0.15, 0.2) is 0 Å². The number of unbranched alkanes of at least 4 members (excludes halogenated alkanes) is 4. The minimum Gasteiger partial charge on any atom is -0.481 e. The molecule has 0 aliphatic carbocycles. The standard InChI is InChI=1S/C19H28N4O3/c1-14-10-11-15(2)23(14)19-16(13-21-22(19)3)18(26)20-12-8-6-4-5-7-9-17(24)25/h10-11,13H,4-9,12H2,1-3H3,(H,20,26)(H,24,25). The average molecular weight is 360 g/mol. The maximum absolute atomic E-state index is 12.6. The highest BCUT2D eigenvalue weighted by atomic mass is 16.4. The molecule has 0 aromatic carbocycles. The van der Waals surface area contributed by atoms with Crippen LogP contribution < -0.4 is 5.32 Å². The van der Waals surface area contributed by atoms with E-state index in [1.165, 1.54) is 0 Å². The summed E-state index contributed by atoms with van der Waals surface area (Å²) in [5.41, 5.74) is 2.68. The summed E-state index contributed by atoms with van der Waals surface area (Å²) in [6, 6.07) is 4.04. The van der Waals surface area contributed by atoms with E-state index in [1.807, 2.05) is 37.6 Å². The monoisotopic (exact) mass is 360 g/mol. The van der Waals surface area contributed by atoms with Gasteiger partial charge < -0.3 is 15.0 Å². The highest BCUT2D eigenvalue weighted by Crippen LogP contribution is 2.19. The first-order valence-corrected chi connectivity index (χ1v) is 9.09. The Morgan fingerprint density at radius 3 is 2.35 bits per heavy atom. The lowest BCUT2D eigenvalue weighted by Crippen LogP contribution is -2.25. The number of amides is 1. The number of carboxylic acid groups (broad SMARTS) is 1. The first-order chi connectivity index (χ1) is 12.4. The predicted molar refractivity (Wildman–Crippen MR) is 99.7 cm³/mol. The number of carbonyl (C=O) groups excluding carboxylic acids is 1. The molecular weight excluding hydrogens is 332 g/mol. The molecule has 7 heteroatoms. The second kappa shape index (κ2) is 9.22. The van der Waals surface area contributed by atoms with Gasteiger partial charge in [-0.05, 0) is 38.8 Å². The molecule has 142 valence electrons. The molecule has 0 atom stereocenters. The fourth-order valence-corrected chi connectivity index (χ4v) is 3.09. The van der Waals surface area contributed by atoms with Crippen molar-refractivity contribution in [2.75, 3.05) is 6.54 Å². The van der Waals surface area contributed by atoms with Crippen LogP contribution in [0.15, 0.2) is 18.3 Å². The second-order valence-electron chi connectivity index (χ2n) is 6.62. The van der Waals surface area contributed by atoms with Crippen molar-refractivity contribution in [2.45, 2.75) is 52.4 Å². The maximum Gasteiger partial charge on any atom is 0.303 e. The molecular formula is C19H28N4O3. The van der Waals surface area contributed by atoms with Gasteiger partial charge >= 0.3 is 5.97 Å². The number of aryl methyl sites for hydroxylation is 3. The van der Waals surface area contributed by atoms with Crippen molar-refractivity contribution >= 4 is 11.9 Å². The molecule has 26 heavy (non-hydrogen) atoms. The molecule has 2 N–H and O–H groups in total. The van der Waals surface area contributed by atoms with Crippen molar-refractivity contribution in [2.24, 2.45) is 7.05 Å². The summed E-state index contributed by atoms with van der Waals surface area (Å²) < 4.78 is 3.75. The van der Waals surface area contributed by atoms with Gasteiger partial charge in [0.2, 0.25) is 0 Å². The Morgan fingerprint density at radius 2 is 1.69 bits per heavy atom. The minimum atomic E-state index is -0.738. The van der Waals surface area contributed by atoms with Crippen LogP contribution in [-0.4, -0.2) is 37.9 Å². The lowest BCUT2D eigenvalue weighted by molar-refractivity contribution is -0.137. The van der Waals surface area contributed by atoms with Gasteiger partial charge in [0.05, 0.1) is 6.20 Å². The van der Waals surface area contributed by atoms with Gasteiger partial charge in [-0.15, -0.1) is 0 Å². The Balaban J connectivity index is 1.85. The largest absolute Gasteiger partial charge is 0.481 e. The van der Waals surface area contributed by atoms with Crippen LogP contribution in [0.1, 0.15) is 60.3 Å². The average Bonchev–Trinajstić information content (AvgIpc) is 3.11. The van der Waals surface area contributed by atoms with Crippen molar-refractivity contribution in [3.63, 3.8) is 0 Å². The van der Waals surface area contributed by atoms with Crippen molar-refractivity contribution in [3.05, 3.63) is 35.3 Å². The molecule has 2 aromatic rings. The molecule has 0 fully saturated rings. The molecule has 0 saturated heterocycles. The third-order valence-corrected chi connectivity index (χ3v) is 4.49. The Hall–Kier alpha value is -2.57. The Kier molecular flexibility index (Phi) is 7.00. The molecule has 1 amide bonds. The van der Waals surface area contributed by atoms with Crippen LogP contribution in [0.25, 0.3) is 5.82 Å². The lowest BCUT2D eigenvalue weighted by Gasteiger charge is -2.12. The number of carboxylic acids is 1. The number of rotatable bonds is 10. The molecule has 0 aliphatic rings. The third kappa shape index (κ3) is 4.97. The van der Waals surface area contributed by atoms with Gasteiger partial charge in [-0.3, -0.25) is 14.3 Å². The number of hydrogen-bond acceptors (Lipinski definition) is 3. The molecule has 0 unspecified atom stereocenters. The van der Waals surface area contributed by atoms with Gasteiger partial charge in [-0.25, -0.2) is 0 Å². The van der Waals surface area contributed by atoms with Gasteiger partial charge in [0.25, 0.3) is 5.91 Å². The minimum absolute atomic E-state index is 0.119. The smallest absolute Gasteiger partial charge is 0.303 e. The SMILES string of the molecule is Cc1ccc(C)n1-c1c(C(=O)NCCCCCCCC(=O)O)cnn1C. The zero-order valence-corrected chi connectivity index (χ0v) is 15.8. The van der Waals surface area contributed by atoms with E-state index >= 15 is 0 Å². The number of nitrogens with one attached hydrogen (secondary N) is 1. The maximum atomic E-state index is 12.6. The van der Waals surface area contributed by atoms with Crippen LogP contribution in [0.5, 0.6) is 0 Å². The summed E-state index contributed by atoms with van der Waals surface area (Å²) in [5.74, 6) is -0.0830. The summed E-state index contributed by atoms with van der Waals surface area (Å²) in [7, 11) is 1.84. The first-order valence-electron chi connectivity index (χ1n) is 9.09. The van der Waals surface area contributed by atoms with Crippen LogP contribution in [0.2, 0.25) is 0 Å². The molecule has 0 radical (unpaired) electrons. The van der Waals surface area contributed by atoms with E-state index in [-0.39, 0.29) is 12.3 Å². The van der Waals surface area contributed by atoms with Crippen LogP contribution in [-0.2, 0) is 11.8 Å². The predicted octanol–water partition coefficient (Wildman–Crippen LogP) is 2.98. The summed E-state index contributed by atoms with van der Waals surface area (Å²) >= 11 is 0. The molecule has 7 nitrogen and oxygen atoms in total. The Morgan fingerprint density at radius 1 is 1.08 bits per heavy atom. The van der Waals surface area contributed by atoms with E-state index in [4.69, 9.17) is 5.11 Å². The highest BCUT2D eigenvalue weighted by molar-refractivity contribution is 5.97. The molecule has 2 aromatic heterocycles. The number of nitrogens with zero attached hydrogens (tertiary/aromatic N) is 3.